The average molecular weight is 363 g/mol. The molecule has 2 heteroatoms. The minimum Gasteiger partial charge on any atom is -0.309 e. The number of aromatic nitrogens is 1. The summed E-state index contributed by atoms with van der Waals surface area (Å²) in [7, 11) is 0. The van der Waals surface area contributed by atoms with Crippen LogP contribution in [-0.4, -0.2) is 4.57 Å². The number of thiophene rings is 1. The maximum Gasteiger partial charge on any atom is 0.0541 e. The number of rotatable bonds is 1. The van der Waals surface area contributed by atoms with E-state index < -0.39 is 0 Å². The number of hydrogen-bond acceptors (Lipinski definition) is 1. The Morgan fingerprint density at radius 1 is 0.593 bits per heavy atom. The summed E-state index contributed by atoms with van der Waals surface area (Å²) < 4.78 is 5.10. The predicted molar refractivity (Wildman–Crippen MR) is 118 cm³/mol. The molecule has 0 spiro atoms. The van der Waals surface area contributed by atoms with Crippen LogP contribution in [0.5, 0.6) is 0 Å². The highest BCUT2D eigenvalue weighted by atomic mass is 32.1. The zero-order valence-corrected chi connectivity index (χ0v) is 15.8. The Morgan fingerprint density at radius 3 is 2.04 bits per heavy atom. The van der Waals surface area contributed by atoms with Gasteiger partial charge in [-0.05, 0) is 48.9 Å². The maximum absolute atomic E-state index is 2.39. The first-order valence-electron chi connectivity index (χ1n) is 9.21. The second-order valence-corrected chi connectivity index (χ2v) is 8.24. The van der Waals surface area contributed by atoms with Crippen molar-refractivity contribution >= 4 is 53.3 Å². The summed E-state index contributed by atoms with van der Waals surface area (Å²) in [5.41, 5.74) is 5.05. The second kappa shape index (κ2) is 5.45. The van der Waals surface area contributed by atoms with Crippen molar-refractivity contribution in [2.45, 2.75) is 6.92 Å². The minimum atomic E-state index is 1.22. The predicted octanol–water partition coefficient (Wildman–Crippen LogP) is 7.46. The van der Waals surface area contributed by atoms with Crippen LogP contribution in [0.2, 0.25) is 0 Å². The van der Waals surface area contributed by atoms with E-state index in [0.717, 1.165) is 0 Å². The molecule has 0 fully saturated rings. The molecule has 0 saturated heterocycles. The van der Waals surface area contributed by atoms with Crippen LogP contribution in [0.4, 0.5) is 0 Å². The van der Waals surface area contributed by atoms with E-state index in [1.54, 1.807) is 0 Å². The topological polar surface area (TPSA) is 4.93 Å². The van der Waals surface area contributed by atoms with Crippen molar-refractivity contribution in [3.63, 3.8) is 0 Å². The van der Waals surface area contributed by atoms with E-state index in [0.29, 0.717) is 0 Å². The van der Waals surface area contributed by atoms with Gasteiger partial charge in [-0.1, -0.05) is 48.5 Å². The lowest BCUT2D eigenvalue weighted by atomic mass is 10.1. The first kappa shape index (κ1) is 15.0. The van der Waals surface area contributed by atoms with Crippen LogP contribution in [0.15, 0.2) is 84.9 Å². The lowest BCUT2D eigenvalue weighted by Crippen LogP contribution is -1.93. The van der Waals surface area contributed by atoms with Gasteiger partial charge in [0.05, 0.1) is 11.0 Å². The van der Waals surface area contributed by atoms with E-state index in [9.17, 15) is 0 Å². The molecule has 4 aromatic carbocycles. The molecule has 0 amide bonds. The molecule has 0 atom stereocenters. The summed E-state index contributed by atoms with van der Waals surface area (Å²) in [6, 6.07) is 31.0. The van der Waals surface area contributed by atoms with Crippen molar-refractivity contribution in [1.82, 2.24) is 4.57 Å². The van der Waals surface area contributed by atoms with Crippen molar-refractivity contribution in [2.75, 3.05) is 0 Å². The zero-order chi connectivity index (χ0) is 18.0. The van der Waals surface area contributed by atoms with Gasteiger partial charge in [0.15, 0.2) is 0 Å². The maximum atomic E-state index is 2.39. The van der Waals surface area contributed by atoms with Gasteiger partial charge in [0, 0.05) is 36.6 Å². The monoisotopic (exact) mass is 363 g/mol. The van der Waals surface area contributed by atoms with Crippen LogP contribution in [0.25, 0.3) is 47.7 Å². The highest BCUT2D eigenvalue weighted by Gasteiger charge is 2.13. The van der Waals surface area contributed by atoms with Gasteiger partial charge in [0.25, 0.3) is 0 Å². The summed E-state index contributed by atoms with van der Waals surface area (Å²) in [4.78, 5) is 0. The molecule has 128 valence electrons. The zero-order valence-electron chi connectivity index (χ0n) is 14.9. The Bertz CT molecular complexity index is 1430. The third-order valence-electron chi connectivity index (χ3n) is 5.45. The molecule has 2 aromatic heterocycles. The molecule has 6 aromatic rings. The molecule has 0 saturated carbocycles. The highest BCUT2D eigenvalue weighted by molar-refractivity contribution is 7.25. The van der Waals surface area contributed by atoms with E-state index in [1.165, 1.54) is 53.2 Å². The fourth-order valence-corrected chi connectivity index (χ4v) is 5.40. The lowest BCUT2D eigenvalue weighted by Gasteiger charge is -2.08. The molecule has 0 N–H and O–H groups in total. The molecule has 6 rings (SSSR count). The molecule has 1 nitrogen and oxygen atoms in total. The Balaban J connectivity index is 1.73. The molecule has 0 aliphatic carbocycles. The third kappa shape index (κ3) is 2.11. The Kier molecular flexibility index (Phi) is 3.03. The van der Waals surface area contributed by atoms with E-state index >= 15 is 0 Å². The number of hydrogen-bond donors (Lipinski definition) is 0. The summed E-state index contributed by atoms with van der Waals surface area (Å²) >= 11 is 1.88. The van der Waals surface area contributed by atoms with Gasteiger partial charge in [-0.3, -0.25) is 0 Å². The van der Waals surface area contributed by atoms with Gasteiger partial charge >= 0.3 is 0 Å². The number of aryl methyl sites for hydroxylation is 1. The van der Waals surface area contributed by atoms with Crippen LogP contribution in [0.1, 0.15) is 5.56 Å². The smallest absolute Gasteiger partial charge is 0.0541 e. The number of para-hydroxylation sites is 2. The minimum absolute atomic E-state index is 1.22. The molecule has 0 unspecified atom stereocenters. The number of nitrogens with zero attached hydrogens (tertiary/aromatic N) is 1. The quantitative estimate of drug-likeness (QED) is 0.286. The molecule has 0 bridgehead atoms. The van der Waals surface area contributed by atoms with E-state index in [-0.39, 0.29) is 0 Å². The number of benzene rings is 4. The highest BCUT2D eigenvalue weighted by Crippen LogP contribution is 2.37. The third-order valence-corrected chi connectivity index (χ3v) is 6.58. The van der Waals surface area contributed by atoms with Crippen LogP contribution >= 0.6 is 11.3 Å². The van der Waals surface area contributed by atoms with E-state index in [2.05, 4.69) is 96.4 Å². The van der Waals surface area contributed by atoms with Crippen LogP contribution < -0.4 is 0 Å². The first-order valence-corrected chi connectivity index (χ1v) is 10.0. The van der Waals surface area contributed by atoms with Crippen molar-refractivity contribution in [3.8, 4) is 5.69 Å². The molecule has 27 heavy (non-hydrogen) atoms. The molecule has 0 radical (unpaired) electrons. The van der Waals surface area contributed by atoms with Crippen molar-refractivity contribution in [2.24, 2.45) is 0 Å². The summed E-state index contributed by atoms with van der Waals surface area (Å²) in [5.74, 6) is 0. The fraction of sp³-hybridized carbons (Fsp3) is 0.0400. The average Bonchev–Trinajstić information content (AvgIpc) is 3.22. The van der Waals surface area contributed by atoms with Gasteiger partial charge in [0.2, 0.25) is 0 Å². The molecular formula is C25H17NS. The second-order valence-electron chi connectivity index (χ2n) is 7.15. The standard InChI is InChI=1S/C25H17NS/c1-16-10-12-20-21-15-17(11-13-24(21)27-25(20)14-16)26-22-8-4-2-6-18(22)19-7-3-5-9-23(19)26/h2-15H,1H3. The Hall–Kier alpha value is -3.10. The van der Waals surface area contributed by atoms with Crippen LogP contribution in [0.3, 0.4) is 0 Å². The van der Waals surface area contributed by atoms with Gasteiger partial charge in [-0.2, -0.15) is 0 Å². The molecule has 0 aliphatic heterocycles. The summed E-state index contributed by atoms with van der Waals surface area (Å²) in [6.45, 7) is 2.16. The lowest BCUT2D eigenvalue weighted by molar-refractivity contribution is 1.19. The van der Waals surface area contributed by atoms with E-state index in [4.69, 9.17) is 0 Å². The molecule has 0 aliphatic rings. The Morgan fingerprint density at radius 2 is 1.30 bits per heavy atom. The van der Waals surface area contributed by atoms with Crippen molar-refractivity contribution in [3.05, 3.63) is 90.5 Å². The van der Waals surface area contributed by atoms with Crippen molar-refractivity contribution < 1.29 is 0 Å². The molecular weight excluding hydrogens is 346 g/mol. The largest absolute Gasteiger partial charge is 0.309 e. The first-order chi connectivity index (χ1) is 13.3. The van der Waals surface area contributed by atoms with Gasteiger partial charge in [-0.15, -0.1) is 11.3 Å². The van der Waals surface area contributed by atoms with Crippen LogP contribution in [0, 0.1) is 6.92 Å². The summed E-state index contributed by atoms with van der Waals surface area (Å²) in [5, 5.41) is 5.30. The normalized spacial score (nSPS) is 11.9. The van der Waals surface area contributed by atoms with Gasteiger partial charge in [0.1, 0.15) is 0 Å². The summed E-state index contributed by atoms with van der Waals surface area (Å²) in [6.07, 6.45) is 0. The molecule has 2 heterocycles. The van der Waals surface area contributed by atoms with Crippen molar-refractivity contribution in [1.29, 1.82) is 0 Å². The Labute approximate surface area is 161 Å². The SMILES string of the molecule is Cc1ccc2c(c1)sc1ccc(-n3c4ccccc4c4ccccc43)cc12. The number of fused-ring (bicyclic) bond motifs is 6. The van der Waals surface area contributed by atoms with Gasteiger partial charge < -0.3 is 4.57 Å². The van der Waals surface area contributed by atoms with Gasteiger partial charge in [-0.25, -0.2) is 0 Å². The van der Waals surface area contributed by atoms with E-state index in [1.807, 2.05) is 11.3 Å². The fourth-order valence-electron chi connectivity index (χ4n) is 4.21. The van der Waals surface area contributed by atoms with Crippen LogP contribution in [-0.2, 0) is 0 Å².